The Labute approximate surface area is 272 Å². The largest absolute Gasteiger partial charge is 0.507 e. The van der Waals surface area contributed by atoms with Crippen molar-refractivity contribution < 1.29 is 72.7 Å². The Morgan fingerprint density at radius 3 is 2.12 bits per heavy atom. The van der Waals surface area contributed by atoms with E-state index in [9.17, 15) is 39.9 Å². The third-order valence-electron chi connectivity index (χ3n) is 7.86. The first kappa shape index (κ1) is 35.0. The Balaban J connectivity index is 1.34. The van der Waals surface area contributed by atoms with Crippen molar-refractivity contribution in [3.8, 4) is 28.6 Å². The quantitative estimate of drug-likeness (QED) is 0.193. The molecule has 0 spiro atoms. The van der Waals surface area contributed by atoms with Gasteiger partial charge in [0.2, 0.25) is 6.29 Å². The van der Waals surface area contributed by atoms with Crippen molar-refractivity contribution in [2.24, 2.45) is 0 Å². The molecule has 3 heterocycles. The second kappa shape index (κ2) is 14.4. The average Bonchev–Trinajstić information content (AvgIpc) is 3.03. The second-order valence-electron chi connectivity index (χ2n) is 11.3. The highest BCUT2D eigenvalue weighted by atomic mass is 16.7. The summed E-state index contributed by atoms with van der Waals surface area (Å²) in [5.74, 6) is -1.33. The third kappa shape index (κ3) is 7.39. The number of aliphatic hydroxyl groups is 4. The highest BCUT2D eigenvalue weighted by Crippen LogP contribution is 2.34. The number of aliphatic hydroxyl groups excluding tert-OH is 4. The summed E-state index contributed by atoms with van der Waals surface area (Å²) in [7, 11) is 1.51. The highest BCUT2D eigenvalue weighted by Gasteiger charge is 2.50. The molecule has 0 radical (unpaired) electrons. The minimum Gasteiger partial charge on any atom is -0.507 e. The Morgan fingerprint density at radius 2 is 1.48 bits per heavy atom. The molecule has 2 saturated heterocycles. The van der Waals surface area contributed by atoms with Gasteiger partial charge in [-0.15, -0.1) is 0 Å². The van der Waals surface area contributed by atoms with Crippen LogP contribution in [0.5, 0.6) is 17.2 Å². The maximum absolute atomic E-state index is 12.9. The van der Waals surface area contributed by atoms with Crippen LogP contribution in [0.1, 0.15) is 20.8 Å². The molecule has 16 heteroatoms. The Kier molecular flexibility index (Phi) is 10.5. The smallest absolute Gasteiger partial charge is 0.303 e. The molecule has 1 aromatic heterocycles. The topological polar surface area (TPSA) is 230 Å². The summed E-state index contributed by atoms with van der Waals surface area (Å²) < 4.78 is 44.2. The van der Waals surface area contributed by atoms with Gasteiger partial charge >= 0.3 is 11.9 Å². The molecular weight excluding hydrogens is 640 g/mol. The fourth-order valence-corrected chi connectivity index (χ4v) is 5.48. The minimum absolute atomic E-state index is 0.0558. The lowest BCUT2D eigenvalue weighted by molar-refractivity contribution is -0.320. The van der Waals surface area contributed by atoms with Crippen LogP contribution in [0, 0.1) is 0 Å². The SMILES string of the molecule is COc1ccc(-c2cc(=O)c3c(O)cc(O[C@@H]4O[C@H](CO[C@@H]5O[C@@H](C)[C@H](OC(C)=O)[C@@H](O)[C@H]5OC(C)=O)[C@@H](O)[C@H](O)[C@H]4O)cc3o2)cc1. The van der Waals surface area contributed by atoms with Gasteiger partial charge in [0.15, 0.2) is 23.9 Å². The van der Waals surface area contributed by atoms with Gasteiger partial charge in [0.1, 0.15) is 64.5 Å². The van der Waals surface area contributed by atoms with E-state index in [2.05, 4.69) is 0 Å². The van der Waals surface area contributed by atoms with Crippen LogP contribution < -0.4 is 14.9 Å². The number of carbonyl (C=O) groups is 2. The van der Waals surface area contributed by atoms with Crippen LogP contribution in [0.25, 0.3) is 22.3 Å². The molecule has 48 heavy (non-hydrogen) atoms. The molecular formula is C32H36O16. The Bertz CT molecular complexity index is 1670. The van der Waals surface area contributed by atoms with E-state index < -0.39 is 91.1 Å². The van der Waals surface area contributed by atoms with E-state index in [-0.39, 0.29) is 22.5 Å². The van der Waals surface area contributed by atoms with Crippen molar-refractivity contribution in [1.29, 1.82) is 0 Å². The molecule has 2 aromatic carbocycles. The standard InChI is InChI=1S/C32H36O16/c1-13-29(44-14(2)33)28(40)30(45-15(3)34)32(43-13)42-12-23-25(37)26(38)27(39)31(48-23)46-18-9-19(35)24-20(36)11-21(47-22(24)10-18)16-5-7-17(41-4)8-6-16/h5-11,13,23,25-32,35,37-40H,12H2,1-4H3/t13-,23+,25+,26-,27+,28+,29-,30+,31+,32+/m0/s1. The van der Waals surface area contributed by atoms with E-state index in [0.29, 0.717) is 11.3 Å². The minimum atomic E-state index is -1.81. The zero-order valence-electron chi connectivity index (χ0n) is 26.2. The molecule has 0 unspecified atom stereocenters. The molecule has 0 bridgehead atoms. The molecule has 2 aliphatic rings. The number of hydrogen-bond donors (Lipinski definition) is 5. The fraction of sp³-hybridized carbons (Fsp3) is 0.469. The fourth-order valence-electron chi connectivity index (χ4n) is 5.48. The first-order valence-corrected chi connectivity index (χ1v) is 14.9. The summed E-state index contributed by atoms with van der Waals surface area (Å²) in [5, 5.41) is 53.3. The first-order valence-electron chi connectivity index (χ1n) is 14.9. The van der Waals surface area contributed by atoms with Gasteiger partial charge in [-0.3, -0.25) is 14.4 Å². The number of carbonyl (C=O) groups excluding carboxylic acids is 2. The summed E-state index contributed by atoms with van der Waals surface area (Å²) in [6, 6.07) is 10.3. The molecule has 0 amide bonds. The second-order valence-corrected chi connectivity index (χ2v) is 11.3. The number of esters is 2. The van der Waals surface area contributed by atoms with Gasteiger partial charge in [-0.2, -0.15) is 0 Å². The lowest BCUT2D eigenvalue weighted by Gasteiger charge is -2.43. The normalized spacial score (nSPS) is 30.4. The maximum Gasteiger partial charge on any atom is 0.303 e. The van der Waals surface area contributed by atoms with Crippen molar-refractivity contribution >= 4 is 22.9 Å². The van der Waals surface area contributed by atoms with Gasteiger partial charge in [-0.25, -0.2) is 0 Å². The molecule has 16 nitrogen and oxygen atoms in total. The van der Waals surface area contributed by atoms with Crippen LogP contribution in [0.2, 0.25) is 0 Å². The Morgan fingerprint density at radius 1 is 0.812 bits per heavy atom. The predicted octanol–water partition coefficient (Wildman–Crippen LogP) is 0.346. The molecule has 2 fully saturated rings. The third-order valence-corrected chi connectivity index (χ3v) is 7.86. The highest BCUT2D eigenvalue weighted by molar-refractivity contribution is 5.86. The van der Waals surface area contributed by atoms with Crippen LogP contribution in [-0.4, -0.2) is 113 Å². The molecule has 10 atom stereocenters. The monoisotopic (exact) mass is 676 g/mol. The zero-order chi connectivity index (χ0) is 34.9. The number of ether oxygens (including phenoxy) is 7. The van der Waals surface area contributed by atoms with E-state index in [4.69, 9.17) is 37.6 Å². The predicted molar refractivity (Wildman–Crippen MR) is 161 cm³/mol. The molecule has 0 saturated carbocycles. The average molecular weight is 677 g/mol. The van der Waals surface area contributed by atoms with Crippen molar-refractivity contribution in [1.82, 2.24) is 0 Å². The van der Waals surface area contributed by atoms with E-state index in [1.165, 1.54) is 26.2 Å². The zero-order valence-corrected chi connectivity index (χ0v) is 26.2. The van der Waals surface area contributed by atoms with E-state index in [1.807, 2.05) is 0 Å². The van der Waals surface area contributed by atoms with Crippen LogP contribution in [0.15, 0.2) is 51.7 Å². The van der Waals surface area contributed by atoms with E-state index >= 15 is 0 Å². The van der Waals surface area contributed by atoms with Crippen LogP contribution >= 0.6 is 0 Å². The molecule has 5 rings (SSSR count). The number of benzene rings is 2. The van der Waals surface area contributed by atoms with Crippen molar-refractivity contribution in [2.45, 2.75) is 82.2 Å². The molecule has 5 N–H and O–H groups in total. The van der Waals surface area contributed by atoms with E-state index in [1.54, 1.807) is 24.3 Å². The number of methoxy groups -OCH3 is 1. The summed E-state index contributed by atoms with van der Waals surface area (Å²) in [6.07, 6.45) is -14.8. The van der Waals surface area contributed by atoms with Crippen LogP contribution in [-0.2, 0) is 33.3 Å². The van der Waals surface area contributed by atoms with Gasteiger partial charge in [0.25, 0.3) is 0 Å². The number of rotatable bonds is 9. The number of fused-ring (bicyclic) bond motifs is 1. The van der Waals surface area contributed by atoms with Crippen molar-refractivity contribution in [2.75, 3.05) is 13.7 Å². The number of phenols is 1. The molecule has 3 aromatic rings. The lowest BCUT2D eigenvalue weighted by atomic mass is 9.98. The van der Waals surface area contributed by atoms with Crippen molar-refractivity contribution in [3.63, 3.8) is 0 Å². The van der Waals surface area contributed by atoms with Gasteiger partial charge in [-0.05, 0) is 31.2 Å². The maximum atomic E-state index is 12.9. The lowest BCUT2D eigenvalue weighted by Crippen LogP contribution is -2.62. The van der Waals surface area contributed by atoms with Crippen LogP contribution in [0.4, 0.5) is 0 Å². The molecule has 2 aliphatic heterocycles. The van der Waals surface area contributed by atoms with Gasteiger partial charge < -0.3 is 63.1 Å². The summed E-state index contributed by atoms with van der Waals surface area (Å²) in [4.78, 5) is 36.2. The Hall–Kier alpha value is -4.29. The first-order chi connectivity index (χ1) is 22.8. The van der Waals surface area contributed by atoms with Crippen LogP contribution in [0.3, 0.4) is 0 Å². The van der Waals surface area contributed by atoms with Gasteiger partial charge in [0.05, 0.1) is 19.8 Å². The number of hydrogen-bond acceptors (Lipinski definition) is 16. The van der Waals surface area contributed by atoms with E-state index in [0.717, 1.165) is 19.9 Å². The number of aromatic hydroxyl groups is 1. The van der Waals surface area contributed by atoms with Crippen molar-refractivity contribution in [3.05, 3.63) is 52.7 Å². The summed E-state index contributed by atoms with van der Waals surface area (Å²) in [6.45, 7) is 3.19. The van der Waals surface area contributed by atoms with Gasteiger partial charge in [-0.1, -0.05) is 0 Å². The van der Waals surface area contributed by atoms with Gasteiger partial charge in [0, 0.05) is 37.6 Å². The molecule has 260 valence electrons. The number of phenolic OH excluding ortho intramolecular Hbond substituents is 1. The molecule has 0 aliphatic carbocycles. The summed E-state index contributed by atoms with van der Waals surface area (Å²) >= 11 is 0. The summed E-state index contributed by atoms with van der Waals surface area (Å²) in [5.41, 5.74) is -0.0421.